The summed E-state index contributed by atoms with van der Waals surface area (Å²) in [7, 11) is 2.89. The summed E-state index contributed by atoms with van der Waals surface area (Å²) in [6, 6.07) is 0. The number of hydrogen-bond acceptors (Lipinski definition) is 4. The molecule has 0 N–H and O–H groups in total. The molecule has 5 heteroatoms. The number of rotatable bonds is 3. The summed E-state index contributed by atoms with van der Waals surface area (Å²) in [6.07, 6.45) is 1.54. The fraction of sp³-hybridized carbons (Fsp3) is 0.500. The molecule has 1 rings (SSSR count). The average Bonchev–Trinajstić information content (AvgIpc) is 2.58. The Morgan fingerprint density at radius 3 is 2.53 bits per heavy atom. The molecule has 0 aliphatic carbocycles. The Labute approximate surface area is 88.0 Å². The van der Waals surface area contributed by atoms with Crippen molar-refractivity contribution in [3.63, 3.8) is 0 Å². The maximum atomic E-state index is 11.6. The van der Waals surface area contributed by atoms with Gasteiger partial charge in [0.1, 0.15) is 0 Å². The molecular formula is C10H14N2O3. The first-order valence-electron chi connectivity index (χ1n) is 4.63. The molecule has 0 aliphatic heterocycles. The number of ether oxygens (including phenoxy) is 1. The van der Waals surface area contributed by atoms with Gasteiger partial charge in [0.2, 0.25) is 0 Å². The average molecular weight is 210 g/mol. The van der Waals surface area contributed by atoms with E-state index in [1.807, 2.05) is 13.8 Å². The first-order chi connectivity index (χ1) is 6.97. The lowest BCUT2D eigenvalue weighted by Gasteiger charge is -2.02. The van der Waals surface area contributed by atoms with E-state index in [2.05, 4.69) is 9.84 Å². The third-order valence-corrected chi connectivity index (χ3v) is 2.02. The molecule has 1 aromatic rings. The van der Waals surface area contributed by atoms with Crippen LogP contribution in [0.1, 0.15) is 35.8 Å². The molecule has 0 aromatic carbocycles. The number of Topliss-reactive ketones (excluding diaryl/α,β-unsaturated/α-hetero) is 1. The van der Waals surface area contributed by atoms with Crippen LogP contribution in [0, 0.1) is 0 Å². The van der Waals surface area contributed by atoms with Gasteiger partial charge in [-0.05, 0) is 5.92 Å². The molecule has 0 radical (unpaired) electrons. The molecule has 1 heterocycles. The predicted octanol–water partition coefficient (Wildman–Crippen LogP) is 0.899. The summed E-state index contributed by atoms with van der Waals surface area (Å²) in [5.74, 6) is -1.41. The van der Waals surface area contributed by atoms with Gasteiger partial charge in [0.25, 0.3) is 5.78 Å². The minimum absolute atomic E-state index is 0.0924. The van der Waals surface area contributed by atoms with Gasteiger partial charge in [-0.15, -0.1) is 0 Å². The van der Waals surface area contributed by atoms with E-state index in [1.54, 1.807) is 7.05 Å². The van der Waals surface area contributed by atoms with E-state index in [4.69, 9.17) is 0 Å². The number of aryl methyl sites for hydroxylation is 1. The predicted molar refractivity (Wildman–Crippen MR) is 53.6 cm³/mol. The number of methoxy groups -OCH3 is 1. The Balaban J connectivity index is 3.13. The molecule has 5 nitrogen and oxygen atoms in total. The zero-order valence-electron chi connectivity index (χ0n) is 9.27. The number of esters is 1. The summed E-state index contributed by atoms with van der Waals surface area (Å²) in [5.41, 5.74) is 0.937. The Hall–Kier alpha value is -1.65. The normalized spacial score (nSPS) is 10.5. The van der Waals surface area contributed by atoms with E-state index in [0.29, 0.717) is 11.3 Å². The molecule has 0 fully saturated rings. The summed E-state index contributed by atoms with van der Waals surface area (Å²) in [5, 5.41) is 4.14. The number of hydrogen-bond donors (Lipinski definition) is 0. The Bertz CT molecular complexity index is 393. The van der Waals surface area contributed by atoms with Gasteiger partial charge in [0.15, 0.2) is 0 Å². The second-order valence-electron chi connectivity index (χ2n) is 3.58. The van der Waals surface area contributed by atoms with Crippen LogP contribution >= 0.6 is 0 Å². The van der Waals surface area contributed by atoms with Gasteiger partial charge in [-0.3, -0.25) is 9.48 Å². The van der Waals surface area contributed by atoms with Gasteiger partial charge in [0, 0.05) is 13.2 Å². The molecule has 0 amide bonds. The zero-order valence-corrected chi connectivity index (χ0v) is 9.27. The van der Waals surface area contributed by atoms with Crippen LogP contribution in [-0.4, -0.2) is 28.6 Å². The number of ketones is 1. The second-order valence-corrected chi connectivity index (χ2v) is 3.58. The maximum Gasteiger partial charge on any atom is 0.379 e. The smallest absolute Gasteiger partial charge is 0.379 e. The molecule has 15 heavy (non-hydrogen) atoms. The van der Waals surface area contributed by atoms with Crippen molar-refractivity contribution in [3.05, 3.63) is 17.5 Å². The largest absolute Gasteiger partial charge is 0.463 e. The van der Waals surface area contributed by atoms with Crippen LogP contribution in [0.4, 0.5) is 0 Å². The summed E-state index contributed by atoms with van der Waals surface area (Å²) in [4.78, 5) is 22.7. The van der Waals surface area contributed by atoms with Crippen molar-refractivity contribution >= 4 is 11.8 Å². The highest BCUT2D eigenvalue weighted by Crippen LogP contribution is 2.17. The van der Waals surface area contributed by atoms with Crippen molar-refractivity contribution in [2.45, 2.75) is 19.8 Å². The van der Waals surface area contributed by atoms with Gasteiger partial charge < -0.3 is 4.74 Å². The lowest BCUT2D eigenvalue weighted by Crippen LogP contribution is -2.17. The third kappa shape index (κ3) is 2.23. The fourth-order valence-electron chi connectivity index (χ4n) is 1.31. The highest BCUT2D eigenvalue weighted by molar-refractivity contribution is 6.40. The van der Waals surface area contributed by atoms with Crippen molar-refractivity contribution in [1.82, 2.24) is 9.78 Å². The minimum Gasteiger partial charge on any atom is -0.463 e. The van der Waals surface area contributed by atoms with Gasteiger partial charge in [-0.2, -0.15) is 5.10 Å². The van der Waals surface area contributed by atoms with E-state index >= 15 is 0 Å². The zero-order chi connectivity index (χ0) is 11.6. The van der Waals surface area contributed by atoms with Crippen LogP contribution in [0.2, 0.25) is 0 Å². The quantitative estimate of drug-likeness (QED) is 0.422. The molecule has 0 aliphatic rings. The molecule has 0 saturated carbocycles. The number of carbonyl (C=O) groups excluding carboxylic acids is 2. The first-order valence-corrected chi connectivity index (χ1v) is 4.63. The van der Waals surface area contributed by atoms with E-state index in [-0.39, 0.29) is 5.92 Å². The van der Waals surface area contributed by atoms with Crippen molar-refractivity contribution < 1.29 is 14.3 Å². The van der Waals surface area contributed by atoms with Crippen molar-refractivity contribution in [3.8, 4) is 0 Å². The van der Waals surface area contributed by atoms with E-state index in [9.17, 15) is 9.59 Å². The summed E-state index contributed by atoms with van der Waals surface area (Å²) < 4.78 is 5.90. The molecule has 0 unspecified atom stereocenters. The van der Waals surface area contributed by atoms with Gasteiger partial charge >= 0.3 is 5.97 Å². The maximum absolute atomic E-state index is 11.6. The third-order valence-electron chi connectivity index (χ3n) is 2.02. The molecule has 0 atom stereocenters. The van der Waals surface area contributed by atoms with Gasteiger partial charge in [0.05, 0.1) is 18.4 Å². The highest BCUT2D eigenvalue weighted by Gasteiger charge is 2.24. The molecule has 1 aromatic heterocycles. The number of nitrogens with zero attached hydrogens (tertiary/aromatic N) is 2. The Morgan fingerprint density at radius 2 is 2.07 bits per heavy atom. The summed E-state index contributed by atoms with van der Waals surface area (Å²) >= 11 is 0. The molecule has 0 spiro atoms. The van der Waals surface area contributed by atoms with E-state index < -0.39 is 11.8 Å². The van der Waals surface area contributed by atoms with Crippen LogP contribution in [0.15, 0.2) is 6.20 Å². The van der Waals surface area contributed by atoms with Crippen LogP contribution < -0.4 is 0 Å². The molecule has 0 saturated heterocycles. The Morgan fingerprint density at radius 1 is 1.47 bits per heavy atom. The topological polar surface area (TPSA) is 61.2 Å². The summed E-state index contributed by atoms with van der Waals surface area (Å²) in [6.45, 7) is 3.83. The fourth-order valence-corrected chi connectivity index (χ4v) is 1.31. The van der Waals surface area contributed by atoms with Gasteiger partial charge in [-0.1, -0.05) is 13.8 Å². The molecular weight excluding hydrogens is 196 g/mol. The molecule has 82 valence electrons. The van der Waals surface area contributed by atoms with Crippen LogP contribution in [0.5, 0.6) is 0 Å². The SMILES string of the molecule is COC(=O)C(=O)c1cn(C)nc1C(C)C. The van der Waals surface area contributed by atoms with E-state index in [0.717, 1.165) is 0 Å². The highest BCUT2D eigenvalue weighted by atomic mass is 16.5. The second kappa shape index (κ2) is 4.25. The number of carbonyl (C=O) groups is 2. The van der Waals surface area contributed by atoms with Gasteiger partial charge in [-0.25, -0.2) is 4.79 Å². The first kappa shape index (κ1) is 11.4. The van der Waals surface area contributed by atoms with Crippen LogP contribution in [0.25, 0.3) is 0 Å². The lowest BCUT2D eigenvalue weighted by molar-refractivity contribution is -0.135. The van der Waals surface area contributed by atoms with Crippen molar-refractivity contribution in [2.24, 2.45) is 7.05 Å². The lowest BCUT2D eigenvalue weighted by atomic mass is 10.0. The monoisotopic (exact) mass is 210 g/mol. The van der Waals surface area contributed by atoms with Crippen molar-refractivity contribution in [1.29, 1.82) is 0 Å². The van der Waals surface area contributed by atoms with Crippen LogP contribution in [0.3, 0.4) is 0 Å². The van der Waals surface area contributed by atoms with E-state index in [1.165, 1.54) is 18.0 Å². The number of aromatic nitrogens is 2. The molecule has 0 bridgehead atoms. The minimum atomic E-state index is -0.857. The standard InChI is InChI=1S/C10H14N2O3/c1-6(2)8-7(5-12(3)11-8)9(13)10(14)15-4/h5-6H,1-4H3. The van der Waals surface area contributed by atoms with Crippen molar-refractivity contribution in [2.75, 3.05) is 7.11 Å². The van der Waals surface area contributed by atoms with Crippen LogP contribution in [-0.2, 0) is 16.6 Å². The Kier molecular flexibility index (Phi) is 3.24.